The highest BCUT2D eigenvalue weighted by Gasteiger charge is 2.33. The first-order chi connectivity index (χ1) is 15.5. The maximum absolute atomic E-state index is 13.2. The largest absolute Gasteiger partial charge is 0.490 e. The molecule has 0 spiro atoms. The highest BCUT2D eigenvalue weighted by Crippen LogP contribution is 2.39. The Morgan fingerprint density at radius 2 is 1.94 bits per heavy atom. The number of hydrogen-bond acceptors (Lipinski definition) is 7. The highest BCUT2D eigenvalue weighted by molar-refractivity contribution is 7.89. The molecule has 2 aromatic heterocycles. The number of benzene rings is 1. The monoisotopic (exact) mass is 490 g/mol. The van der Waals surface area contributed by atoms with Gasteiger partial charge in [0.2, 0.25) is 15.9 Å². The molecule has 1 N–H and O–H groups in total. The molecule has 0 bridgehead atoms. The molecule has 1 atom stereocenters. The fraction of sp³-hybridized carbons (Fsp3) is 0.318. The van der Waals surface area contributed by atoms with Crippen LogP contribution in [0.25, 0.3) is 0 Å². The van der Waals surface area contributed by atoms with Gasteiger partial charge in [-0.05, 0) is 47.0 Å². The summed E-state index contributed by atoms with van der Waals surface area (Å²) in [6.07, 6.45) is 1.51. The molecule has 1 amide bonds. The minimum absolute atomic E-state index is 0.0446. The Kier molecular flexibility index (Phi) is 5.93. The van der Waals surface area contributed by atoms with E-state index in [1.165, 1.54) is 17.0 Å². The standard InChI is InChI=1S/C22H22N2O5S3/c25-21(24-8-6-19-16(7-12-31-19)22(24)20-3-1-11-30-20)14-23-32(26,27)15-4-5-17-18(13-15)29-10-2-9-28-17/h1,3-5,7,11-13,22-23H,2,6,8-10,14H2/t22-/m1/s1. The summed E-state index contributed by atoms with van der Waals surface area (Å²) in [7, 11) is -3.89. The Labute approximate surface area is 194 Å². The summed E-state index contributed by atoms with van der Waals surface area (Å²) in [5.74, 6) is 0.671. The van der Waals surface area contributed by atoms with Gasteiger partial charge in [0, 0.05) is 28.8 Å². The Morgan fingerprint density at radius 1 is 1.09 bits per heavy atom. The third kappa shape index (κ3) is 4.15. The smallest absolute Gasteiger partial charge is 0.241 e. The van der Waals surface area contributed by atoms with Crippen LogP contribution in [0.1, 0.15) is 27.8 Å². The van der Waals surface area contributed by atoms with E-state index in [0.29, 0.717) is 31.3 Å². The molecule has 7 nitrogen and oxygen atoms in total. The molecule has 32 heavy (non-hydrogen) atoms. The SMILES string of the molecule is O=C(CNS(=O)(=O)c1ccc2c(c1)OCCCO2)N1CCc2sccc2[C@@H]1c1cccs1. The Morgan fingerprint density at radius 3 is 2.75 bits per heavy atom. The molecule has 1 aromatic carbocycles. The number of nitrogens with one attached hydrogen (secondary N) is 1. The van der Waals surface area contributed by atoms with Gasteiger partial charge in [-0.15, -0.1) is 22.7 Å². The van der Waals surface area contributed by atoms with Crippen LogP contribution < -0.4 is 14.2 Å². The maximum atomic E-state index is 13.2. The van der Waals surface area contributed by atoms with Crippen molar-refractivity contribution in [1.29, 1.82) is 0 Å². The first kappa shape index (κ1) is 21.4. The van der Waals surface area contributed by atoms with Gasteiger partial charge in [0.05, 0.1) is 30.7 Å². The summed E-state index contributed by atoms with van der Waals surface area (Å²) in [5.41, 5.74) is 1.13. The molecule has 0 saturated heterocycles. The van der Waals surface area contributed by atoms with E-state index in [2.05, 4.69) is 10.8 Å². The van der Waals surface area contributed by atoms with Crippen LogP contribution in [-0.2, 0) is 21.2 Å². The first-order valence-corrected chi connectivity index (χ1v) is 13.6. The van der Waals surface area contributed by atoms with Crippen molar-refractivity contribution in [2.45, 2.75) is 23.8 Å². The lowest BCUT2D eigenvalue weighted by atomic mass is 9.98. The lowest BCUT2D eigenvalue weighted by Crippen LogP contribution is -2.45. The molecule has 168 valence electrons. The number of rotatable bonds is 5. The van der Waals surface area contributed by atoms with Crippen molar-refractivity contribution in [2.75, 3.05) is 26.3 Å². The predicted molar refractivity (Wildman–Crippen MR) is 123 cm³/mol. The Balaban J connectivity index is 1.33. The average Bonchev–Trinajstić information content (AvgIpc) is 3.44. The lowest BCUT2D eigenvalue weighted by molar-refractivity contribution is -0.131. The maximum Gasteiger partial charge on any atom is 0.241 e. The molecule has 3 aromatic rings. The summed E-state index contributed by atoms with van der Waals surface area (Å²) in [5, 5.41) is 4.04. The number of carbonyl (C=O) groups excluding carboxylic acids is 1. The van der Waals surface area contributed by atoms with Gasteiger partial charge in [-0.25, -0.2) is 13.1 Å². The van der Waals surface area contributed by atoms with Crippen molar-refractivity contribution in [3.63, 3.8) is 0 Å². The third-order valence-corrected chi connectivity index (χ3v) is 8.86. The van der Waals surface area contributed by atoms with Gasteiger partial charge in [0.25, 0.3) is 0 Å². The summed E-state index contributed by atoms with van der Waals surface area (Å²) < 4.78 is 39.4. The molecule has 10 heteroatoms. The van der Waals surface area contributed by atoms with Crippen molar-refractivity contribution in [3.8, 4) is 11.5 Å². The van der Waals surface area contributed by atoms with E-state index in [1.54, 1.807) is 33.6 Å². The molecule has 4 heterocycles. The number of carbonyl (C=O) groups is 1. The molecule has 5 rings (SSSR count). The van der Waals surface area contributed by atoms with Gasteiger partial charge in [-0.3, -0.25) is 4.79 Å². The van der Waals surface area contributed by atoms with Crippen LogP contribution in [0.15, 0.2) is 52.1 Å². The molecule has 2 aliphatic rings. The van der Waals surface area contributed by atoms with Crippen molar-refractivity contribution >= 4 is 38.6 Å². The number of sulfonamides is 1. The number of hydrogen-bond donors (Lipinski definition) is 1. The summed E-state index contributed by atoms with van der Waals surface area (Å²) in [4.78, 5) is 17.3. The van der Waals surface area contributed by atoms with Crippen molar-refractivity contribution < 1.29 is 22.7 Å². The minimum Gasteiger partial charge on any atom is -0.490 e. The van der Waals surface area contributed by atoms with E-state index in [4.69, 9.17) is 9.47 Å². The van der Waals surface area contributed by atoms with Crippen LogP contribution in [0.4, 0.5) is 0 Å². The van der Waals surface area contributed by atoms with Crippen LogP contribution in [0, 0.1) is 0 Å². The summed E-state index contributed by atoms with van der Waals surface area (Å²) >= 11 is 3.30. The minimum atomic E-state index is -3.89. The second kappa shape index (κ2) is 8.86. The van der Waals surface area contributed by atoms with E-state index in [-0.39, 0.29) is 23.4 Å². The van der Waals surface area contributed by atoms with Crippen molar-refractivity contribution in [3.05, 3.63) is 62.5 Å². The number of nitrogens with zero attached hydrogens (tertiary/aromatic N) is 1. The number of amides is 1. The van der Waals surface area contributed by atoms with Gasteiger partial charge in [0.15, 0.2) is 11.5 Å². The second-order valence-corrected chi connectivity index (χ2v) is 11.3. The number of thiophene rings is 2. The van der Waals surface area contributed by atoms with E-state index >= 15 is 0 Å². The van der Waals surface area contributed by atoms with Gasteiger partial charge in [0.1, 0.15) is 0 Å². The van der Waals surface area contributed by atoms with E-state index in [9.17, 15) is 13.2 Å². The van der Waals surface area contributed by atoms with Crippen LogP contribution in [0.2, 0.25) is 0 Å². The number of fused-ring (bicyclic) bond motifs is 2. The topological polar surface area (TPSA) is 84.9 Å². The molecular formula is C22H22N2O5S3. The normalized spacial score (nSPS) is 18.1. The first-order valence-electron chi connectivity index (χ1n) is 10.3. The van der Waals surface area contributed by atoms with E-state index < -0.39 is 10.0 Å². The molecule has 2 aliphatic heterocycles. The quantitative estimate of drug-likeness (QED) is 0.592. The van der Waals surface area contributed by atoms with Crippen LogP contribution in [0.3, 0.4) is 0 Å². The number of ether oxygens (including phenoxy) is 2. The molecule has 0 saturated carbocycles. The van der Waals surface area contributed by atoms with Gasteiger partial charge in [-0.1, -0.05) is 6.07 Å². The molecule has 0 aliphatic carbocycles. The van der Waals surface area contributed by atoms with Crippen molar-refractivity contribution in [2.24, 2.45) is 0 Å². The fourth-order valence-corrected chi connectivity index (χ4v) is 6.74. The zero-order chi connectivity index (χ0) is 22.1. The zero-order valence-electron chi connectivity index (χ0n) is 17.2. The third-order valence-electron chi connectivity index (χ3n) is 5.54. The summed E-state index contributed by atoms with van der Waals surface area (Å²) in [6, 6.07) is 10.4. The van der Waals surface area contributed by atoms with Crippen molar-refractivity contribution in [1.82, 2.24) is 9.62 Å². The van der Waals surface area contributed by atoms with Gasteiger partial charge >= 0.3 is 0 Å². The van der Waals surface area contributed by atoms with Crippen LogP contribution >= 0.6 is 22.7 Å². The summed E-state index contributed by atoms with van der Waals surface area (Å²) in [6.45, 7) is 1.24. The zero-order valence-corrected chi connectivity index (χ0v) is 19.6. The Hall–Kier alpha value is -2.40. The fourth-order valence-electron chi connectivity index (χ4n) is 3.99. The highest BCUT2D eigenvalue weighted by atomic mass is 32.2. The van der Waals surface area contributed by atoms with Crippen LogP contribution in [-0.4, -0.2) is 45.5 Å². The van der Waals surface area contributed by atoms with Gasteiger partial charge in [-0.2, -0.15) is 0 Å². The molecule has 0 radical (unpaired) electrons. The van der Waals surface area contributed by atoms with E-state index in [0.717, 1.165) is 23.3 Å². The lowest BCUT2D eigenvalue weighted by Gasteiger charge is -2.35. The second-order valence-electron chi connectivity index (χ2n) is 7.54. The van der Waals surface area contributed by atoms with Crippen LogP contribution in [0.5, 0.6) is 11.5 Å². The molecule has 0 fully saturated rings. The van der Waals surface area contributed by atoms with E-state index in [1.807, 2.05) is 22.9 Å². The average molecular weight is 491 g/mol. The predicted octanol–water partition coefficient (Wildman–Crippen LogP) is 3.42. The molecular weight excluding hydrogens is 468 g/mol. The van der Waals surface area contributed by atoms with Gasteiger partial charge < -0.3 is 14.4 Å². The Bertz CT molecular complexity index is 1220. The molecule has 0 unspecified atom stereocenters.